The first kappa shape index (κ1) is 14.4. The summed E-state index contributed by atoms with van der Waals surface area (Å²) >= 11 is 9.34. The van der Waals surface area contributed by atoms with Crippen LogP contribution >= 0.6 is 27.5 Å². The van der Waals surface area contributed by atoms with Crippen molar-refractivity contribution in [2.24, 2.45) is 0 Å². The van der Waals surface area contributed by atoms with E-state index in [0.29, 0.717) is 21.7 Å². The minimum Gasteiger partial charge on any atom is -0.379 e. The zero-order chi connectivity index (χ0) is 14.0. The molecule has 0 radical (unpaired) electrons. The second kappa shape index (κ2) is 5.93. The minimum atomic E-state index is -0.353. The highest BCUT2D eigenvalue weighted by Crippen LogP contribution is 2.32. The lowest BCUT2D eigenvalue weighted by atomic mass is 10.1. The van der Waals surface area contributed by atoms with Gasteiger partial charge in [0.1, 0.15) is 5.82 Å². The lowest BCUT2D eigenvalue weighted by molar-refractivity contribution is 0.627. The average Bonchev–Trinajstić information content (AvgIpc) is 2.25. The number of anilines is 1. The predicted molar refractivity (Wildman–Crippen MR) is 82.4 cm³/mol. The molecule has 0 fully saturated rings. The van der Waals surface area contributed by atoms with Crippen molar-refractivity contribution in [3.63, 3.8) is 0 Å². The Labute approximate surface area is 125 Å². The second-order valence-corrected chi connectivity index (χ2v) is 5.86. The first-order valence-electron chi connectivity index (χ1n) is 5.91. The SMILES string of the molecule is Cc1cc(C)cc(CNc2c(Cl)cc(F)cc2Br)c1. The Balaban J connectivity index is 2.19. The monoisotopic (exact) mass is 341 g/mol. The summed E-state index contributed by atoms with van der Waals surface area (Å²) in [7, 11) is 0. The number of hydrogen-bond acceptors (Lipinski definition) is 1. The fraction of sp³-hybridized carbons (Fsp3) is 0.200. The Bertz CT molecular complexity index is 570. The topological polar surface area (TPSA) is 12.0 Å². The van der Waals surface area contributed by atoms with Crippen molar-refractivity contribution >= 4 is 33.2 Å². The van der Waals surface area contributed by atoms with Crippen LogP contribution in [-0.4, -0.2) is 0 Å². The zero-order valence-corrected chi connectivity index (χ0v) is 13.1. The molecule has 0 aliphatic rings. The van der Waals surface area contributed by atoms with Crippen LogP contribution in [0.2, 0.25) is 5.02 Å². The zero-order valence-electron chi connectivity index (χ0n) is 10.7. The number of benzene rings is 2. The maximum Gasteiger partial charge on any atom is 0.125 e. The van der Waals surface area contributed by atoms with Crippen molar-refractivity contribution in [1.29, 1.82) is 0 Å². The number of aryl methyl sites for hydroxylation is 2. The number of nitrogens with one attached hydrogen (secondary N) is 1. The highest BCUT2D eigenvalue weighted by Gasteiger charge is 2.08. The minimum absolute atomic E-state index is 0.353. The van der Waals surface area contributed by atoms with Crippen LogP contribution in [0.5, 0.6) is 0 Å². The van der Waals surface area contributed by atoms with Crippen LogP contribution in [-0.2, 0) is 6.54 Å². The summed E-state index contributed by atoms with van der Waals surface area (Å²) in [5.74, 6) is -0.353. The molecule has 0 atom stereocenters. The lowest BCUT2D eigenvalue weighted by Crippen LogP contribution is -2.02. The average molecular weight is 343 g/mol. The summed E-state index contributed by atoms with van der Waals surface area (Å²) in [4.78, 5) is 0. The van der Waals surface area contributed by atoms with Crippen LogP contribution in [0.15, 0.2) is 34.8 Å². The van der Waals surface area contributed by atoms with Gasteiger partial charge >= 0.3 is 0 Å². The molecule has 2 rings (SSSR count). The smallest absolute Gasteiger partial charge is 0.125 e. The van der Waals surface area contributed by atoms with Gasteiger partial charge in [-0.25, -0.2) is 4.39 Å². The number of hydrogen-bond donors (Lipinski definition) is 1. The molecular formula is C15H14BrClFN. The fourth-order valence-electron chi connectivity index (χ4n) is 2.07. The Hall–Kier alpha value is -1.06. The molecule has 100 valence electrons. The van der Waals surface area contributed by atoms with E-state index in [1.807, 2.05) is 0 Å². The summed E-state index contributed by atoms with van der Waals surface area (Å²) < 4.78 is 13.8. The molecule has 0 amide bonds. The molecule has 0 unspecified atom stereocenters. The van der Waals surface area contributed by atoms with Crippen molar-refractivity contribution in [2.45, 2.75) is 20.4 Å². The van der Waals surface area contributed by atoms with E-state index in [1.54, 1.807) is 0 Å². The molecule has 1 nitrogen and oxygen atoms in total. The van der Waals surface area contributed by atoms with E-state index in [9.17, 15) is 4.39 Å². The van der Waals surface area contributed by atoms with Gasteiger partial charge in [0.15, 0.2) is 0 Å². The maximum absolute atomic E-state index is 13.1. The molecule has 0 saturated carbocycles. The van der Waals surface area contributed by atoms with E-state index in [0.717, 1.165) is 0 Å². The molecule has 1 N–H and O–H groups in total. The molecule has 2 aromatic carbocycles. The molecule has 0 saturated heterocycles. The molecule has 2 aromatic rings. The Morgan fingerprint density at radius 3 is 2.32 bits per heavy atom. The number of rotatable bonds is 3. The number of halogens is 3. The summed E-state index contributed by atoms with van der Waals surface area (Å²) in [5.41, 5.74) is 4.33. The standard InChI is InChI=1S/C15H14BrClFN/c1-9-3-10(2)5-11(4-9)8-19-15-13(16)6-12(18)7-14(15)17/h3-7,19H,8H2,1-2H3. The van der Waals surface area contributed by atoms with Crippen LogP contribution in [0.25, 0.3) is 0 Å². The summed E-state index contributed by atoms with van der Waals surface area (Å²) in [6.45, 7) is 4.78. The Kier molecular flexibility index (Phi) is 4.48. The third kappa shape index (κ3) is 3.71. The molecule has 0 aromatic heterocycles. The van der Waals surface area contributed by atoms with Crippen LogP contribution < -0.4 is 5.32 Å². The van der Waals surface area contributed by atoms with Gasteiger partial charge in [0.25, 0.3) is 0 Å². The molecule has 0 heterocycles. The van der Waals surface area contributed by atoms with Gasteiger partial charge in [-0.2, -0.15) is 0 Å². The van der Waals surface area contributed by atoms with Crippen molar-refractivity contribution in [3.8, 4) is 0 Å². The van der Waals surface area contributed by atoms with Crippen LogP contribution in [0.1, 0.15) is 16.7 Å². The highest BCUT2D eigenvalue weighted by molar-refractivity contribution is 9.10. The predicted octanol–water partition coefficient (Wildman–Crippen LogP) is 5.47. The first-order valence-corrected chi connectivity index (χ1v) is 7.08. The van der Waals surface area contributed by atoms with Gasteiger partial charge in [0.05, 0.1) is 10.7 Å². The van der Waals surface area contributed by atoms with Gasteiger partial charge in [-0.05, 0) is 47.5 Å². The molecule has 0 aliphatic heterocycles. The van der Waals surface area contributed by atoms with E-state index >= 15 is 0 Å². The molecule has 0 spiro atoms. The lowest BCUT2D eigenvalue weighted by Gasteiger charge is -2.12. The van der Waals surface area contributed by atoms with E-state index in [-0.39, 0.29) is 5.82 Å². The molecular weight excluding hydrogens is 329 g/mol. The quantitative estimate of drug-likeness (QED) is 0.780. The fourth-order valence-corrected chi connectivity index (χ4v) is 3.03. The van der Waals surface area contributed by atoms with Gasteiger partial charge in [-0.15, -0.1) is 0 Å². The molecule has 0 aliphatic carbocycles. The van der Waals surface area contributed by atoms with E-state index in [1.165, 1.54) is 28.8 Å². The van der Waals surface area contributed by atoms with Gasteiger partial charge in [0, 0.05) is 11.0 Å². The third-order valence-corrected chi connectivity index (χ3v) is 3.68. The van der Waals surface area contributed by atoms with E-state index in [4.69, 9.17) is 11.6 Å². The van der Waals surface area contributed by atoms with Crippen molar-refractivity contribution in [1.82, 2.24) is 0 Å². The first-order chi connectivity index (χ1) is 8.95. The summed E-state index contributed by atoms with van der Waals surface area (Å²) in [6, 6.07) is 9.06. The van der Waals surface area contributed by atoms with Crippen molar-refractivity contribution in [2.75, 3.05) is 5.32 Å². The van der Waals surface area contributed by atoms with Gasteiger partial charge < -0.3 is 5.32 Å². The highest BCUT2D eigenvalue weighted by atomic mass is 79.9. The Morgan fingerprint density at radius 1 is 1.11 bits per heavy atom. The van der Waals surface area contributed by atoms with E-state index < -0.39 is 0 Å². The van der Waals surface area contributed by atoms with Gasteiger partial charge in [0.2, 0.25) is 0 Å². The maximum atomic E-state index is 13.1. The Morgan fingerprint density at radius 2 is 1.74 bits per heavy atom. The van der Waals surface area contributed by atoms with E-state index in [2.05, 4.69) is 53.3 Å². The third-order valence-electron chi connectivity index (χ3n) is 2.76. The molecule has 0 bridgehead atoms. The molecule has 4 heteroatoms. The largest absolute Gasteiger partial charge is 0.379 e. The van der Waals surface area contributed by atoms with Crippen molar-refractivity contribution in [3.05, 3.63) is 62.3 Å². The summed E-state index contributed by atoms with van der Waals surface area (Å²) in [5, 5.41) is 3.61. The molecule has 19 heavy (non-hydrogen) atoms. The normalized spacial score (nSPS) is 10.6. The van der Waals surface area contributed by atoms with Gasteiger partial charge in [-0.1, -0.05) is 40.9 Å². The second-order valence-electron chi connectivity index (χ2n) is 4.59. The van der Waals surface area contributed by atoms with Crippen LogP contribution in [0.3, 0.4) is 0 Å². The van der Waals surface area contributed by atoms with Crippen molar-refractivity contribution < 1.29 is 4.39 Å². The summed E-state index contributed by atoms with van der Waals surface area (Å²) in [6.07, 6.45) is 0. The van der Waals surface area contributed by atoms with Gasteiger partial charge in [-0.3, -0.25) is 0 Å². The van der Waals surface area contributed by atoms with Crippen LogP contribution in [0, 0.1) is 19.7 Å². The van der Waals surface area contributed by atoms with Crippen LogP contribution in [0.4, 0.5) is 10.1 Å².